The molecule has 0 fully saturated rings. The van der Waals surface area contributed by atoms with Gasteiger partial charge < -0.3 is 5.32 Å². The van der Waals surface area contributed by atoms with Crippen LogP contribution in [0.2, 0.25) is 0 Å². The van der Waals surface area contributed by atoms with Gasteiger partial charge in [-0.1, -0.05) is 34.6 Å². The van der Waals surface area contributed by atoms with E-state index in [4.69, 9.17) is 0 Å². The Labute approximate surface area is 97.3 Å². The van der Waals surface area contributed by atoms with Crippen LogP contribution < -0.4 is 5.32 Å². The number of carbonyl (C=O) groups is 1. The minimum atomic E-state index is 0. The molecule has 0 aromatic carbocycles. The van der Waals surface area contributed by atoms with E-state index in [-0.39, 0.29) is 1.43 Å². The smallest absolute Gasteiger partial charge is 0.132 e. The highest BCUT2D eigenvalue weighted by Gasteiger charge is 1.96. The Balaban J connectivity index is -0.000000292. The van der Waals surface area contributed by atoms with E-state index in [9.17, 15) is 4.79 Å². The first-order chi connectivity index (χ1) is 7.04. The fourth-order valence-electron chi connectivity index (χ4n) is 0.926. The summed E-state index contributed by atoms with van der Waals surface area (Å²) >= 11 is 0. The van der Waals surface area contributed by atoms with E-state index in [0.29, 0.717) is 12.2 Å². The van der Waals surface area contributed by atoms with Gasteiger partial charge in [0.15, 0.2) is 0 Å². The molecule has 0 radical (unpaired) electrons. The second-order valence-corrected chi connectivity index (χ2v) is 4.43. The third-order valence-electron chi connectivity index (χ3n) is 1.70. The molecule has 2 nitrogen and oxygen atoms in total. The molecule has 1 N–H and O–H groups in total. The number of rotatable bonds is 7. The Morgan fingerprint density at radius 3 is 2.13 bits per heavy atom. The predicted octanol–water partition coefficient (Wildman–Crippen LogP) is 3.65. The Morgan fingerprint density at radius 2 is 1.73 bits per heavy atom. The molecule has 0 heterocycles. The summed E-state index contributed by atoms with van der Waals surface area (Å²) in [5, 5.41) is 3.23. The lowest BCUT2D eigenvalue weighted by Gasteiger charge is -1.99. The minimum Gasteiger partial charge on any atom is -0.317 e. The van der Waals surface area contributed by atoms with Crippen molar-refractivity contribution in [2.75, 3.05) is 13.1 Å². The maximum absolute atomic E-state index is 10.8. The van der Waals surface area contributed by atoms with E-state index < -0.39 is 0 Å². The molecule has 0 saturated heterocycles. The van der Waals surface area contributed by atoms with Crippen molar-refractivity contribution in [3.8, 4) is 0 Å². The van der Waals surface area contributed by atoms with Gasteiger partial charge >= 0.3 is 0 Å². The highest BCUT2D eigenvalue weighted by Crippen LogP contribution is 1.97. The lowest BCUT2D eigenvalue weighted by molar-refractivity contribution is -0.118. The minimum absolute atomic E-state index is 0. The lowest BCUT2D eigenvalue weighted by atomic mass is 10.1. The average Bonchev–Trinajstić information content (AvgIpc) is 2.16. The number of nitrogens with one attached hydrogen (secondary N) is 1. The summed E-state index contributed by atoms with van der Waals surface area (Å²) in [5.41, 5.74) is 0. The molecule has 0 spiro atoms. The monoisotopic (exact) mass is 217 g/mol. The van der Waals surface area contributed by atoms with Crippen molar-refractivity contribution in [3.63, 3.8) is 0 Å². The zero-order chi connectivity index (χ0) is 12.1. The first kappa shape index (κ1) is 17.0. The maximum Gasteiger partial charge on any atom is 0.132 e. The van der Waals surface area contributed by atoms with Crippen molar-refractivity contribution in [2.45, 2.75) is 60.3 Å². The van der Waals surface area contributed by atoms with Gasteiger partial charge in [0.05, 0.1) is 0 Å². The molecule has 15 heavy (non-hydrogen) atoms. The Morgan fingerprint density at radius 1 is 1.20 bits per heavy atom. The van der Waals surface area contributed by atoms with Crippen molar-refractivity contribution >= 4 is 5.78 Å². The first-order valence-electron chi connectivity index (χ1n) is 6.26. The van der Waals surface area contributed by atoms with Crippen LogP contribution in [0.3, 0.4) is 0 Å². The topological polar surface area (TPSA) is 29.1 Å². The molecule has 0 rings (SSSR count). The normalized spacial score (nSPS) is 9.73. The number of carbonyl (C=O) groups excluding carboxylic acids is 1. The standard InChI is InChI=1S/C9H19NO.C4H10.H2/c1-3-9(11)7-5-6-8-10-4-2;1-4(2)3;/h10H,3-8H2,1-2H3;4H,1-3H3;1H. The SMILES string of the molecule is CC(C)C.CCNCCCCC(=O)CC.[HH]. The van der Waals surface area contributed by atoms with E-state index in [1.54, 1.807) is 0 Å². The second-order valence-electron chi connectivity index (χ2n) is 4.43. The molecular formula is C13H31NO. The van der Waals surface area contributed by atoms with Crippen LogP contribution in [0.25, 0.3) is 0 Å². The van der Waals surface area contributed by atoms with Crippen LogP contribution in [-0.2, 0) is 4.79 Å². The number of hydrogen-bond acceptors (Lipinski definition) is 2. The number of hydrogen-bond donors (Lipinski definition) is 1. The molecule has 0 amide bonds. The van der Waals surface area contributed by atoms with E-state index >= 15 is 0 Å². The Bertz CT molecular complexity index is 135. The fourth-order valence-corrected chi connectivity index (χ4v) is 0.926. The quantitative estimate of drug-likeness (QED) is 0.659. The van der Waals surface area contributed by atoms with Crippen LogP contribution in [0.5, 0.6) is 0 Å². The molecule has 0 aliphatic rings. The van der Waals surface area contributed by atoms with Gasteiger partial charge in [0.25, 0.3) is 0 Å². The Hall–Kier alpha value is -0.370. The summed E-state index contributed by atoms with van der Waals surface area (Å²) in [6.45, 7) is 12.6. The molecule has 0 bridgehead atoms. The third kappa shape index (κ3) is 24.8. The molecule has 0 unspecified atom stereocenters. The summed E-state index contributed by atoms with van der Waals surface area (Å²) in [7, 11) is 0. The van der Waals surface area contributed by atoms with E-state index in [1.807, 2.05) is 6.92 Å². The summed E-state index contributed by atoms with van der Waals surface area (Å²) in [6, 6.07) is 0. The molecule has 0 saturated carbocycles. The van der Waals surface area contributed by atoms with Crippen LogP contribution in [0.15, 0.2) is 0 Å². The van der Waals surface area contributed by atoms with Crippen LogP contribution in [-0.4, -0.2) is 18.9 Å². The van der Waals surface area contributed by atoms with E-state index in [0.717, 1.165) is 38.3 Å². The van der Waals surface area contributed by atoms with Crippen LogP contribution in [0.1, 0.15) is 61.7 Å². The van der Waals surface area contributed by atoms with Gasteiger partial charge in [-0.15, -0.1) is 0 Å². The molecule has 0 aliphatic heterocycles. The summed E-state index contributed by atoms with van der Waals surface area (Å²) in [5.74, 6) is 1.22. The molecular weight excluding hydrogens is 186 g/mol. The van der Waals surface area contributed by atoms with Gasteiger partial charge in [0.2, 0.25) is 0 Å². The third-order valence-corrected chi connectivity index (χ3v) is 1.70. The zero-order valence-corrected chi connectivity index (χ0v) is 11.2. The molecule has 0 aromatic rings. The zero-order valence-electron chi connectivity index (χ0n) is 11.2. The molecule has 2 heteroatoms. The molecule has 94 valence electrons. The van der Waals surface area contributed by atoms with Crippen molar-refractivity contribution < 1.29 is 6.22 Å². The van der Waals surface area contributed by atoms with Crippen LogP contribution >= 0.6 is 0 Å². The predicted molar refractivity (Wildman–Crippen MR) is 70.3 cm³/mol. The van der Waals surface area contributed by atoms with Crippen LogP contribution in [0, 0.1) is 5.92 Å². The van der Waals surface area contributed by atoms with Crippen molar-refractivity contribution in [1.82, 2.24) is 5.32 Å². The Kier molecular flexibility index (Phi) is 15.5. The van der Waals surface area contributed by atoms with Crippen molar-refractivity contribution in [2.24, 2.45) is 5.92 Å². The summed E-state index contributed by atoms with van der Waals surface area (Å²) in [6.07, 6.45) is 3.63. The fraction of sp³-hybridized carbons (Fsp3) is 0.923. The van der Waals surface area contributed by atoms with Gasteiger partial charge in [-0.3, -0.25) is 4.79 Å². The highest BCUT2D eigenvalue weighted by atomic mass is 16.1. The largest absolute Gasteiger partial charge is 0.317 e. The van der Waals surface area contributed by atoms with Gasteiger partial charge in [-0.2, -0.15) is 0 Å². The molecule has 0 aliphatic carbocycles. The van der Waals surface area contributed by atoms with E-state index in [1.165, 1.54) is 0 Å². The lowest BCUT2D eigenvalue weighted by Crippen LogP contribution is -2.14. The summed E-state index contributed by atoms with van der Waals surface area (Å²) < 4.78 is 0. The van der Waals surface area contributed by atoms with Gasteiger partial charge in [-0.05, 0) is 31.8 Å². The molecule has 0 atom stereocenters. The second kappa shape index (κ2) is 13.6. The van der Waals surface area contributed by atoms with E-state index in [2.05, 4.69) is 33.0 Å². The van der Waals surface area contributed by atoms with Crippen molar-refractivity contribution in [3.05, 3.63) is 0 Å². The number of Topliss-reactive ketones (excluding diaryl/α,β-unsaturated/α-hetero) is 1. The maximum atomic E-state index is 10.8. The number of ketones is 1. The average molecular weight is 217 g/mol. The molecule has 0 aromatic heterocycles. The van der Waals surface area contributed by atoms with Crippen LogP contribution in [0.4, 0.5) is 0 Å². The van der Waals surface area contributed by atoms with Gasteiger partial charge in [0.1, 0.15) is 5.78 Å². The summed E-state index contributed by atoms with van der Waals surface area (Å²) in [4.78, 5) is 10.8. The highest BCUT2D eigenvalue weighted by molar-refractivity contribution is 5.77. The van der Waals surface area contributed by atoms with Gasteiger partial charge in [-0.25, -0.2) is 0 Å². The number of unbranched alkanes of at least 4 members (excludes halogenated alkanes) is 1. The first-order valence-corrected chi connectivity index (χ1v) is 6.26. The van der Waals surface area contributed by atoms with Gasteiger partial charge in [0, 0.05) is 14.3 Å². The van der Waals surface area contributed by atoms with Crippen molar-refractivity contribution in [1.29, 1.82) is 0 Å².